The summed E-state index contributed by atoms with van der Waals surface area (Å²) in [6, 6.07) is 7.84. The van der Waals surface area contributed by atoms with E-state index in [4.69, 9.17) is 4.74 Å². The zero-order valence-electron chi connectivity index (χ0n) is 17.9. The standard InChI is InChI=1S/C23H31N5O2/c1-3-16(2)26-23-25-12-8-21(27-23)28(15-17-6-10-24-11-7-17)22(29)19-4-5-20-18(14-19)9-13-30-20/h4-5,8,12,14,16-17,24H,3,6-7,9-11,13,15H2,1-2H3,(H,25,26,27). The van der Waals surface area contributed by atoms with Crippen LogP contribution in [0.2, 0.25) is 0 Å². The molecule has 1 aromatic heterocycles. The fraction of sp³-hybridized carbons (Fsp3) is 0.522. The first-order chi connectivity index (χ1) is 14.6. The molecule has 2 N–H and O–H groups in total. The Morgan fingerprint density at radius 1 is 1.33 bits per heavy atom. The minimum Gasteiger partial charge on any atom is -0.493 e. The Morgan fingerprint density at radius 3 is 2.97 bits per heavy atom. The van der Waals surface area contributed by atoms with Crippen molar-refractivity contribution < 1.29 is 9.53 Å². The average molecular weight is 410 g/mol. The van der Waals surface area contributed by atoms with Gasteiger partial charge in [0.05, 0.1) is 6.61 Å². The lowest BCUT2D eigenvalue weighted by atomic mass is 9.97. The Labute approximate surface area is 178 Å². The minimum atomic E-state index is -0.0172. The molecule has 0 radical (unpaired) electrons. The Kier molecular flexibility index (Phi) is 6.47. The van der Waals surface area contributed by atoms with E-state index >= 15 is 0 Å². The number of hydrogen-bond donors (Lipinski definition) is 2. The van der Waals surface area contributed by atoms with Crippen molar-refractivity contribution in [2.45, 2.75) is 45.6 Å². The molecule has 7 heteroatoms. The van der Waals surface area contributed by atoms with Gasteiger partial charge in [0, 0.05) is 30.8 Å². The van der Waals surface area contributed by atoms with Crippen LogP contribution in [0, 0.1) is 5.92 Å². The van der Waals surface area contributed by atoms with E-state index in [2.05, 4.69) is 34.4 Å². The molecule has 160 valence electrons. The van der Waals surface area contributed by atoms with E-state index in [1.807, 2.05) is 29.2 Å². The molecule has 1 aromatic carbocycles. The van der Waals surface area contributed by atoms with E-state index in [-0.39, 0.29) is 11.9 Å². The van der Waals surface area contributed by atoms with Crippen molar-refractivity contribution in [2.24, 2.45) is 5.92 Å². The summed E-state index contributed by atoms with van der Waals surface area (Å²) in [5.41, 5.74) is 1.78. The molecule has 1 saturated heterocycles. The van der Waals surface area contributed by atoms with E-state index in [0.29, 0.717) is 36.4 Å². The van der Waals surface area contributed by atoms with E-state index < -0.39 is 0 Å². The molecule has 7 nitrogen and oxygen atoms in total. The number of amides is 1. The maximum Gasteiger partial charge on any atom is 0.259 e. The van der Waals surface area contributed by atoms with Gasteiger partial charge in [-0.3, -0.25) is 9.69 Å². The maximum absolute atomic E-state index is 13.6. The highest BCUT2D eigenvalue weighted by molar-refractivity contribution is 6.05. The van der Waals surface area contributed by atoms with Gasteiger partial charge in [0.25, 0.3) is 5.91 Å². The Morgan fingerprint density at radius 2 is 2.17 bits per heavy atom. The topological polar surface area (TPSA) is 79.4 Å². The second-order valence-electron chi connectivity index (χ2n) is 8.22. The first-order valence-electron chi connectivity index (χ1n) is 11.0. The summed E-state index contributed by atoms with van der Waals surface area (Å²) in [5, 5.41) is 6.72. The molecule has 1 fully saturated rings. The molecule has 2 aliphatic rings. The zero-order valence-corrected chi connectivity index (χ0v) is 17.9. The van der Waals surface area contributed by atoms with Gasteiger partial charge in [0.2, 0.25) is 5.95 Å². The second kappa shape index (κ2) is 9.43. The Bertz CT molecular complexity index is 882. The Balaban J connectivity index is 1.62. The summed E-state index contributed by atoms with van der Waals surface area (Å²) in [5.74, 6) is 2.53. The normalized spacial score (nSPS) is 17.1. The van der Waals surface area contributed by atoms with Crippen molar-refractivity contribution in [1.82, 2.24) is 15.3 Å². The molecular weight excluding hydrogens is 378 g/mol. The number of fused-ring (bicyclic) bond motifs is 1. The molecular formula is C23H31N5O2. The van der Waals surface area contributed by atoms with Gasteiger partial charge < -0.3 is 15.4 Å². The fourth-order valence-electron chi connectivity index (χ4n) is 3.97. The van der Waals surface area contributed by atoms with Crippen molar-refractivity contribution in [3.8, 4) is 5.75 Å². The quantitative estimate of drug-likeness (QED) is 0.731. The van der Waals surface area contributed by atoms with Gasteiger partial charge in [0.15, 0.2) is 0 Å². The van der Waals surface area contributed by atoms with Gasteiger partial charge in [0.1, 0.15) is 11.6 Å². The number of rotatable bonds is 7. The van der Waals surface area contributed by atoms with Crippen LogP contribution >= 0.6 is 0 Å². The maximum atomic E-state index is 13.6. The van der Waals surface area contributed by atoms with Crippen molar-refractivity contribution in [2.75, 3.05) is 36.5 Å². The smallest absolute Gasteiger partial charge is 0.259 e. The van der Waals surface area contributed by atoms with Crippen LogP contribution < -0.4 is 20.3 Å². The van der Waals surface area contributed by atoms with Crippen molar-refractivity contribution in [1.29, 1.82) is 0 Å². The number of nitrogens with zero attached hydrogens (tertiary/aromatic N) is 3. The number of ether oxygens (including phenoxy) is 1. The fourth-order valence-corrected chi connectivity index (χ4v) is 3.97. The SMILES string of the molecule is CCC(C)Nc1nccc(N(CC2CCNCC2)C(=O)c2ccc3c(c2)CCO3)n1. The molecule has 2 aliphatic heterocycles. The molecule has 1 atom stereocenters. The van der Waals surface area contributed by atoms with E-state index in [1.165, 1.54) is 0 Å². The van der Waals surface area contributed by atoms with Crippen LogP contribution in [0.15, 0.2) is 30.5 Å². The summed E-state index contributed by atoms with van der Waals surface area (Å²) < 4.78 is 5.60. The number of carbonyl (C=O) groups is 1. The monoisotopic (exact) mass is 409 g/mol. The molecule has 0 saturated carbocycles. The zero-order chi connectivity index (χ0) is 20.9. The first kappa shape index (κ1) is 20.6. The summed E-state index contributed by atoms with van der Waals surface area (Å²) in [4.78, 5) is 24.5. The number of benzene rings is 1. The van der Waals surface area contributed by atoms with E-state index in [1.54, 1.807) is 6.20 Å². The highest BCUT2D eigenvalue weighted by Gasteiger charge is 2.26. The van der Waals surface area contributed by atoms with Gasteiger partial charge in [-0.05, 0) is 75.0 Å². The molecule has 4 rings (SSSR count). The van der Waals surface area contributed by atoms with Gasteiger partial charge in [-0.25, -0.2) is 4.98 Å². The first-order valence-corrected chi connectivity index (χ1v) is 11.0. The number of piperidine rings is 1. The lowest BCUT2D eigenvalue weighted by Crippen LogP contribution is -2.40. The number of nitrogens with one attached hydrogen (secondary N) is 2. The van der Waals surface area contributed by atoms with Crippen molar-refractivity contribution in [3.63, 3.8) is 0 Å². The predicted octanol–water partition coefficient (Wildman–Crippen LogP) is 3.27. The molecule has 1 amide bonds. The third-order valence-electron chi connectivity index (χ3n) is 5.99. The van der Waals surface area contributed by atoms with Crippen LogP contribution in [0.3, 0.4) is 0 Å². The van der Waals surface area contributed by atoms with E-state index in [9.17, 15) is 4.79 Å². The second-order valence-corrected chi connectivity index (χ2v) is 8.22. The molecule has 0 spiro atoms. The summed E-state index contributed by atoms with van der Waals surface area (Å²) in [6.07, 6.45) is 5.67. The molecule has 1 unspecified atom stereocenters. The van der Waals surface area contributed by atoms with Crippen LogP contribution in [-0.4, -0.2) is 48.2 Å². The molecule has 3 heterocycles. The van der Waals surface area contributed by atoms with Crippen molar-refractivity contribution in [3.05, 3.63) is 41.6 Å². The molecule has 30 heavy (non-hydrogen) atoms. The Hall–Kier alpha value is -2.67. The molecule has 0 bridgehead atoms. The van der Waals surface area contributed by atoms with Crippen molar-refractivity contribution >= 4 is 17.7 Å². The minimum absolute atomic E-state index is 0.0172. The summed E-state index contributed by atoms with van der Waals surface area (Å²) in [6.45, 7) is 7.55. The third-order valence-corrected chi connectivity index (χ3v) is 5.99. The van der Waals surface area contributed by atoms with Gasteiger partial charge >= 0.3 is 0 Å². The van der Waals surface area contributed by atoms with Crippen LogP contribution in [-0.2, 0) is 6.42 Å². The highest BCUT2D eigenvalue weighted by Crippen LogP contribution is 2.28. The predicted molar refractivity (Wildman–Crippen MR) is 118 cm³/mol. The van der Waals surface area contributed by atoms with Crippen LogP contribution in [0.25, 0.3) is 0 Å². The summed E-state index contributed by atoms with van der Waals surface area (Å²) >= 11 is 0. The summed E-state index contributed by atoms with van der Waals surface area (Å²) in [7, 11) is 0. The van der Waals surface area contributed by atoms with Crippen LogP contribution in [0.5, 0.6) is 5.75 Å². The lowest BCUT2D eigenvalue weighted by molar-refractivity contribution is 0.0980. The number of anilines is 2. The number of carbonyl (C=O) groups excluding carboxylic acids is 1. The van der Waals surface area contributed by atoms with Gasteiger partial charge in [-0.15, -0.1) is 0 Å². The number of hydrogen-bond acceptors (Lipinski definition) is 6. The van der Waals surface area contributed by atoms with Crippen LogP contribution in [0.4, 0.5) is 11.8 Å². The molecule has 2 aromatic rings. The molecule has 0 aliphatic carbocycles. The largest absolute Gasteiger partial charge is 0.493 e. The number of aromatic nitrogens is 2. The van der Waals surface area contributed by atoms with Gasteiger partial charge in [-0.2, -0.15) is 4.98 Å². The van der Waals surface area contributed by atoms with Gasteiger partial charge in [-0.1, -0.05) is 6.92 Å². The third kappa shape index (κ3) is 4.73. The average Bonchev–Trinajstić information content (AvgIpc) is 3.26. The van der Waals surface area contributed by atoms with E-state index in [0.717, 1.165) is 50.1 Å². The highest BCUT2D eigenvalue weighted by atomic mass is 16.5. The van der Waals surface area contributed by atoms with Crippen LogP contribution in [0.1, 0.15) is 49.0 Å². The lowest BCUT2D eigenvalue weighted by Gasteiger charge is -2.30.